The van der Waals surface area contributed by atoms with Crippen molar-refractivity contribution in [1.82, 2.24) is 14.8 Å². The molecule has 0 N–H and O–H groups in total. The van der Waals surface area contributed by atoms with Crippen LogP contribution in [-0.2, 0) is 11.4 Å². The maximum atomic E-state index is 5.49. The Morgan fingerprint density at radius 2 is 2.08 bits per heavy atom. The number of hydrogen-bond donors (Lipinski definition) is 0. The van der Waals surface area contributed by atoms with E-state index in [9.17, 15) is 0 Å². The van der Waals surface area contributed by atoms with Crippen molar-refractivity contribution in [2.75, 3.05) is 0 Å². The molecule has 1 unspecified atom stereocenters. The van der Waals surface area contributed by atoms with Crippen LogP contribution in [0.1, 0.15) is 25.3 Å². The Kier molecular flexibility index (Phi) is 4.52. The summed E-state index contributed by atoms with van der Waals surface area (Å²) in [5.74, 6) is 0. The Balaban J connectivity index is 1.53. The highest BCUT2D eigenvalue weighted by Gasteiger charge is 2.20. The predicted octanol–water partition coefficient (Wildman–Crippen LogP) is 4.48. The molecule has 5 nitrogen and oxygen atoms in total. The first-order valence-electron chi connectivity index (χ1n) is 8.99. The van der Waals surface area contributed by atoms with Gasteiger partial charge in [0.1, 0.15) is 0 Å². The highest BCUT2D eigenvalue weighted by molar-refractivity contribution is 5.85. The summed E-state index contributed by atoms with van der Waals surface area (Å²) in [5, 5.41) is 8.85. The lowest BCUT2D eigenvalue weighted by molar-refractivity contribution is 0.0698. The Morgan fingerprint density at radius 1 is 1.19 bits per heavy atom. The smallest absolute Gasteiger partial charge is 0.152 e. The molecule has 0 aliphatic carbocycles. The van der Waals surface area contributed by atoms with Crippen molar-refractivity contribution in [2.45, 2.75) is 39.3 Å². The number of pyridine rings is 1. The lowest BCUT2D eigenvalue weighted by Crippen LogP contribution is -2.16. The van der Waals surface area contributed by atoms with E-state index in [1.165, 1.54) is 16.7 Å². The van der Waals surface area contributed by atoms with Crippen LogP contribution < -0.4 is 0 Å². The fourth-order valence-electron chi connectivity index (χ4n) is 3.26. The van der Waals surface area contributed by atoms with Crippen LogP contribution in [-0.4, -0.2) is 26.6 Å². The molecule has 0 saturated heterocycles. The van der Waals surface area contributed by atoms with Gasteiger partial charge in [-0.25, -0.2) is 0 Å². The maximum Gasteiger partial charge on any atom is 0.152 e. The molecule has 1 aliphatic rings. The van der Waals surface area contributed by atoms with Gasteiger partial charge in [-0.05, 0) is 48.2 Å². The summed E-state index contributed by atoms with van der Waals surface area (Å²) >= 11 is 0. The summed E-state index contributed by atoms with van der Waals surface area (Å²) in [7, 11) is 0. The van der Waals surface area contributed by atoms with Crippen LogP contribution in [0.4, 0.5) is 0 Å². The first-order valence-corrected chi connectivity index (χ1v) is 8.99. The average Bonchev–Trinajstić information content (AvgIpc) is 3.32. The Morgan fingerprint density at radius 3 is 2.88 bits per heavy atom. The van der Waals surface area contributed by atoms with Crippen LogP contribution in [0, 0.1) is 6.92 Å². The van der Waals surface area contributed by atoms with Crippen LogP contribution in [0.5, 0.6) is 0 Å². The molecule has 0 fully saturated rings. The molecule has 3 heterocycles. The van der Waals surface area contributed by atoms with Gasteiger partial charge in [-0.15, -0.1) is 0 Å². The quantitative estimate of drug-likeness (QED) is 0.684. The molecule has 0 amide bonds. The summed E-state index contributed by atoms with van der Waals surface area (Å²) in [4.78, 5) is 9.66. The van der Waals surface area contributed by atoms with E-state index in [2.05, 4.69) is 60.4 Å². The van der Waals surface area contributed by atoms with E-state index in [1.807, 2.05) is 23.3 Å². The first-order chi connectivity index (χ1) is 12.7. The van der Waals surface area contributed by atoms with Crippen molar-refractivity contribution in [2.24, 2.45) is 5.16 Å². The van der Waals surface area contributed by atoms with Gasteiger partial charge in [-0.1, -0.05) is 30.3 Å². The summed E-state index contributed by atoms with van der Waals surface area (Å²) in [6.45, 7) is 4.90. The van der Waals surface area contributed by atoms with Crippen LogP contribution in [0.15, 0.2) is 60.1 Å². The molecular formula is C21H22N4O. The van der Waals surface area contributed by atoms with Gasteiger partial charge >= 0.3 is 0 Å². The van der Waals surface area contributed by atoms with Gasteiger partial charge in [0.15, 0.2) is 6.10 Å². The fourth-order valence-corrected chi connectivity index (χ4v) is 3.26. The van der Waals surface area contributed by atoms with Crippen LogP contribution in [0.2, 0.25) is 0 Å². The van der Waals surface area contributed by atoms with Gasteiger partial charge in [0, 0.05) is 30.6 Å². The monoisotopic (exact) mass is 346 g/mol. The molecule has 1 aromatic carbocycles. The number of oxime groups is 1. The third-order valence-electron chi connectivity index (χ3n) is 4.72. The number of rotatable bonds is 5. The zero-order chi connectivity index (χ0) is 17.9. The van der Waals surface area contributed by atoms with Crippen molar-refractivity contribution < 1.29 is 4.84 Å². The van der Waals surface area contributed by atoms with Crippen molar-refractivity contribution in [3.63, 3.8) is 0 Å². The van der Waals surface area contributed by atoms with Gasteiger partial charge in [-0.3, -0.25) is 9.67 Å². The molecule has 0 spiro atoms. The third kappa shape index (κ3) is 3.38. The molecule has 4 rings (SSSR count). The minimum absolute atomic E-state index is 0.0866. The first kappa shape index (κ1) is 16.5. The highest BCUT2D eigenvalue weighted by atomic mass is 16.6. The molecule has 0 saturated carbocycles. The van der Waals surface area contributed by atoms with Crippen LogP contribution in [0.25, 0.3) is 22.4 Å². The van der Waals surface area contributed by atoms with Crippen LogP contribution in [0.3, 0.4) is 0 Å². The number of benzene rings is 1. The summed E-state index contributed by atoms with van der Waals surface area (Å²) in [6.07, 6.45) is 7.66. The zero-order valence-electron chi connectivity index (χ0n) is 15.1. The van der Waals surface area contributed by atoms with Gasteiger partial charge in [0.25, 0.3) is 0 Å². The molecule has 132 valence electrons. The van der Waals surface area contributed by atoms with E-state index < -0.39 is 0 Å². The van der Waals surface area contributed by atoms with E-state index in [4.69, 9.17) is 9.94 Å². The summed E-state index contributed by atoms with van der Waals surface area (Å²) < 4.78 is 1.94. The molecule has 1 atom stereocenters. The fraction of sp³-hybridized carbons (Fsp3) is 0.286. The molecule has 2 aromatic heterocycles. The van der Waals surface area contributed by atoms with Crippen LogP contribution >= 0.6 is 0 Å². The van der Waals surface area contributed by atoms with E-state index in [0.29, 0.717) is 0 Å². The molecule has 1 aliphatic heterocycles. The SMILES string of the molecule is CCC1=NOC(Cn2ccc(-c3cccc(-c4ccncc4C)c3)n2)C1. The predicted molar refractivity (Wildman–Crippen MR) is 103 cm³/mol. The van der Waals surface area contributed by atoms with E-state index in [1.54, 1.807) is 0 Å². The zero-order valence-corrected chi connectivity index (χ0v) is 15.1. The second-order valence-corrected chi connectivity index (χ2v) is 6.64. The lowest BCUT2D eigenvalue weighted by Gasteiger charge is -2.08. The second-order valence-electron chi connectivity index (χ2n) is 6.64. The summed E-state index contributed by atoms with van der Waals surface area (Å²) in [5.41, 5.74) is 6.74. The highest BCUT2D eigenvalue weighted by Crippen LogP contribution is 2.27. The lowest BCUT2D eigenvalue weighted by atomic mass is 10.00. The largest absolute Gasteiger partial charge is 0.390 e. The Hall–Kier alpha value is -2.95. The van der Waals surface area contributed by atoms with Crippen molar-refractivity contribution in [1.29, 1.82) is 0 Å². The van der Waals surface area contributed by atoms with E-state index >= 15 is 0 Å². The normalized spacial score (nSPS) is 16.4. The number of aryl methyl sites for hydroxylation is 1. The Labute approximate surface area is 153 Å². The third-order valence-corrected chi connectivity index (χ3v) is 4.72. The molecule has 0 bridgehead atoms. The van der Waals surface area contributed by atoms with E-state index in [-0.39, 0.29) is 6.10 Å². The minimum Gasteiger partial charge on any atom is -0.390 e. The van der Waals surface area contributed by atoms with Gasteiger partial charge in [0.2, 0.25) is 0 Å². The summed E-state index contributed by atoms with van der Waals surface area (Å²) in [6, 6.07) is 12.6. The average molecular weight is 346 g/mol. The molecule has 26 heavy (non-hydrogen) atoms. The standard InChI is InChI=1S/C21H22N4O/c1-3-18-12-19(26-24-18)14-25-10-8-21(23-25)17-6-4-5-16(11-17)20-7-9-22-13-15(20)2/h4-11,13,19H,3,12,14H2,1-2H3. The molecular weight excluding hydrogens is 324 g/mol. The van der Waals surface area contributed by atoms with Gasteiger partial charge in [0.05, 0.1) is 18.0 Å². The second kappa shape index (κ2) is 7.12. The van der Waals surface area contributed by atoms with E-state index in [0.717, 1.165) is 36.4 Å². The molecule has 5 heteroatoms. The maximum absolute atomic E-state index is 5.49. The number of hydrogen-bond acceptors (Lipinski definition) is 4. The minimum atomic E-state index is 0.0866. The van der Waals surface area contributed by atoms with Gasteiger partial charge < -0.3 is 4.84 Å². The number of aromatic nitrogens is 3. The molecule has 0 radical (unpaired) electrons. The molecule has 3 aromatic rings. The van der Waals surface area contributed by atoms with Crippen molar-refractivity contribution in [3.8, 4) is 22.4 Å². The topological polar surface area (TPSA) is 52.3 Å². The number of nitrogens with zero attached hydrogens (tertiary/aromatic N) is 4. The Bertz CT molecular complexity index is 944. The van der Waals surface area contributed by atoms with Crippen molar-refractivity contribution >= 4 is 5.71 Å². The van der Waals surface area contributed by atoms with Crippen molar-refractivity contribution in [3.05, 3.63) is 60.6 Å². The van der Waals surface area contributed by atoms with Gasteiger partial charge in [-0.2, -0.15) is 5.10 Å².